The third kappa shape index (κ3) is 3.04. The van der Waals surface area contributed by atoms with Crippen LogP contribution in [-0.2, 0) is 6.18 Å². The largest absolute Gasteiger partial charge is 0.433 e. The van der Waals surface area contributed by atoms with Crippen LogP contribution in [0, 0.1) is 6.92 Å². The van der Waals surface area contributed by atoms with Crippen LogP contribution < -0.4 is 5.32 Å². The van der Waals surface area contributed by atoms with Crippen molar-refractivity contribution in [1.82, 2.24) is 9.97 Å². The maximum atomic E-state index is 12.8. The van der Waals surface area contributed by atoms with Gasteiger partial charge in [-0.1, -0.05) is 0 Å². The molecule has 0 saturated heterocycles. The van der Waals surface area contributed by atoms with Crippen LogP contribution >= 0.6 is 11.3 Å². The average Bonchev–Trinajstić information content (AvgIpc) is 2.74. The first-order valence-corrected chi connectivity index (χ1v) is 6.54. The summed E-state index contributed by atoms with van der Waals surface area (Å²) in [5, 5.41) is 4.55. The van der Waals surface area contributed by atoms with E-state index in [1.165, 1.54) is 11.3 Å². The minimum Gasteiger partial charge on any atom is -0.354 e. The second-order valence-electron chi connectivity index (χ2n) is 3.88. The molecule has 0 fully saturated rings. The predicted molar refractivity (Wildman–Crippen MR) is 69.2 cm³/mol. The van der Waals surface area contributed by atoms with E-state index in [0.717, 1.165) is 10.9 Å². The van der Waals surface area contributed by atoms with Gasteiger partial charge in [-0.25, -0.2) is 9.97 Å². The molecule has 0 unspecified atom stereocenters. The molecule has 0 radical (unpaired) electrons. The first kappa shape index (κ1) is 13.8. The van der Waals surface area contributed by atoms with E-state index in [1.54, 1.807) is 13.0 Å². The molecule has 1 N–H and O–H groups in total. The molecule has 0 atom stereocenters. The lowest BCUT2D eigenvalue weighted by molar-refractivity contribution is -0.141. The summed E-state index contributed by atoms with van der Waals surface area (Å²) < 4.78 is 38.4. The molecular formula is C12H12F3N3S. The molecular weight excluding hydrogens is 275 g/mol. The third-order valence-electron chi connectivity index (χ3n) is 2.49. The van der Waals surface area contributed by atoms with Crippen LogP contribution in [0.1, 0.15) is 17.5 Å². The summed E-state index contributed by atoms with van der Waals surface area (Å²) in [5.74, 6) is -0.00192. The maximum Gasteiger partial charge on any atom is 0.433 e. The number of thiophene rings is 1. The molecule has 102 valence electrons. The molecule has 0 aromatic carbocycles. The molecule has 2 aromatic heterocycles. The Kier molecular flexibility index (Phi) is 3.75. The van der Waals surface area contributed by atoms with Crippen LogP contribution in [0.4, 0.5) is 19.1 Å². The van der Waals surface area contributed by atoms with Gasteiger partial charge in [0.1, 0.15) is 0 Å². The molecule has 0 bridgehead atoms. The first-order valence-electron chi connectivity index (χ1n) is 5.66. The van der Waals surface area contributed by atoms with E-state index in [2.05, 4.69) is 15.3 Å². The lowest BCUT2D eigenvalue weighted by atomic mass is 10.1. The standard InChI is InChI=1S/C12H12F3N3S/c1-3-16-11-17-9(8-4-5-19-7(8)2)6-10(18-11)12(13,14)15/h4-6H,3H2,1-2H3,(H,16,17,18). The topological polar surface area (TPSA) is 37.8 Å². The third-order valence-corrected chi connectivity index (χ3v) is 3.33. The Hall–Kier alpha value is -1.63. The first-order chi connectivity index (χ1) is 8.91. The van der Waals surface area contributed by atoms with Gasteiger partial charge in [0, 0.05) is 17.0 Å². The number of hydrogen-bond acceptors (Lipinski definition) is 4. The smallest absolute Gasteiger partial charge is 0.354 e. The van der Waals surface area contributed by atoms with E-state index in [1.807, 2.05) is 12.3 Å². The van der Waals surface area contributed by atoms with E-state index >= 15 is 0 Å². The van der Waals surface area contributed by atoms with Crippen LogP contribution in [0.2, 0.25) is 0 Å². The summed E-state index contributed by atoms with van der Waals surface area (Å²) >= 11 is 1.47. The Morgan fingerprint density at radius 1 is 1.32 bits per heavy atom. The van der Waals surface area contributed by atoms with Crippen molar-refractivity contribution < 1.29 is 13.2 Å². The molecule has 0 aliphatic heterocycles. The van der Waals surface area contributed by atoms with Gasteiger partial charge in [0.05, 0.1) is 5.69 Å². The number of aryl methyl sites for hydroxylation is 1. The minimum absolute atomic E-state index is 0.00192. The zero-order valence-corrected chi connectivity index (χ0v) is 11.2. The molecule has 19 heavy (non-hydrogen) atoms. The highest BCUT2D eigenvalue weighted by Gasteiger charge is 2.33. The van der Waals surface area contributed by atoms with E-state index in [-0.39, 0.29) is 11.6 Å². The fraction of sp³-hybridized carbons (Fsp3) is 0.333. The average molecular weight is 287 g/mol. The Balaban J connectivity index is 2.55. The summed E-state index contributed by atoms with van der Waals surface area (Å²) in [7, 11) is 0. The SMILES string of the molecule is CCNc1nc(-c2ccsc2C)cc(C(F)(F)F)n1. The van der Waals surface area contributed by atoms with Gasteiger partial charge < -0.3 is 5.32 Å². The number of hydrogen-bond donors (Lipinski definition) is 1. The summed E-state index contributed by atoms with van der Waals surface area (Å²) in [6.45, 7) is 4.09. The number of alkyl halides is 3. The number of nitrogens with zero attached hydrogens (tertiary/aromatic N) is 2. The Bertz CT molecular complexity index is 578. The van der Waals surface area contributed by atoms with Gasteiger partial charge in [-0.15, -0.1) is 11.3 Å². The van der Waals surface area contributed by atoms with Crippen molar-refractivity contribution in [3.05, 3.63) is 28.1 Å². The van der Waals surface area contributed by atoms with Crippen molar-refractivity contribution in [2.75, 3.05) is 11.9 Å². The quantitative estimate of drug-likeness (QED) is 0.928. The number of nitrogens with one attached hydrogen (secondary N) is 1. The van der Waals surface area contributed by atoms with E-state index < -0.39 is 11.9 Å². The van der Waals surface area contributed by atoms with Gasteiger partial charge in [0.2, 0.25) is 5.95 Å². The second-order valence-corrected chi connectivity index (χ2v) is 5.00. The van der Waals surface area contributed by atoms with Crippen LogP contribution in [0.3, 0.4) is 0 Å². The summed E-state index contributed by atoms with van der Waals surface area (Å²) in [4.78, 5) is 8.54. The Morgan fingerprint density at radius 2 is 2.05 bits per heavy atom. The number of rotatable bonds is 3. The van der Waals surface area contributed by atoms with Crippen LogP contribution in [0.25, 0.3) is 11.3 Å². The van der Waals surface area contributed by atoms with E-state index in [0.29, 0.717) is 12.1 Å². The molecule has 2 aromatic rings. The summed E-state index contributed by atoms with van der Waals surface area (Å²) in [5.41, 5.74) is 0.0631. The highest BCUT2D eigenvalue weighted by Crippen LogP contribution is 2.33. The molecule has 3 nitrogen and oxygen atoms in total. The lowest BCUT2D eigenvalue weighted by Crippen LogP contribution is -2.12. The normalized spacial score (nSPS) is 11.6. The molecule has 0 saturated carbocycles. The maximum absolute atomic E-state index is 12.8. The fourth-order valence-corrected chi connectivity index (χ4v) is 2.33. The minimum atomic E-state index is -4.48. The van der Waals surface area contributed by atoms with E-state index in [9.17, 15) is 13.2 Å². The summed E-state index contributed by atoms with van der Waals surface area (Å²) in [6, 6.07) is 2.74. The molecule has 0 spiro atoms. The van der Waals surface area contributed by atoms with Crippen LogP contribution in [0.15, 0.2) is 17.5 Å². The van der Waals surface area contributed by atoms with E-state index in [4.69, 9.17) is 0 Å². The van der Waals surface area contributed by atoms with Gasteiger partial charge in [-0.3, -0.25) is 0 Å². The summed E-state index contributed by atoms with van der Waals surface area (Å²) in [6.07, 6.45) is -4.48. The number of aromatic nitrogens is 2. The van der Waals surface area contributed by atoms with Crippen molar-refractivity contribution in [2.45, 2.75) is 20.0 Å². The highest BCUT2D eigenvalue weighted by atomic mass is 32.1. The molecule has 2 rings (SSSR count). The second kappa shape index (κ2) is 5.16. The van der Waals surface area contributed by atoms with Crippen LogP contribution in [-0.4, -0.2) is 16.5 Å². The van der Waals surface area contributed by atoms with Crippen molar-refractivity contribution in [1.29, 1.82) is 0 Å². The van der Waals surface area contributed by atoms with Gasteiger partial charge in [0.25, 0.3) is 0 Å². The number of anilines is 1. The van der Waals surface area contributed by atoms with Crippen molar-refractivity contribution in [2.24, 2.45) is 0 Å². The predicted octanol–water partition coefficient (Wildman–Crippen LogP) is 3.96. The Morgan fingerprint density at radius 3 is 2.58 bits per heavy atom. The zero-order chi connectivity index (χ0) is 14.0. The molecule has 0 aliphatic carbocycles. The van der Waals surface area contributed by atoms with Crippen molar-refractivity contribution in [3.63, 3.8) is 0 Å². The highest BCUT2D eigenvalue weighted by molar-refractivity contribution is 7.10. The Labute approximate surface area is 112 Å². The van der Waals surface area contributed by atoms with Gasteiger partial charge in [-0.2, -0.15) is 13.2 Å². The molecule has 0 amide bonds. The van der Waals surface area contributed by atoms with Gasteiger partial charge >= 0.3 is 6.18 Å². The van der Waals surface area contributed by atoms with Crippen molar-refractivity contribution >= 4 is 17.3 Å². The van der Waals surface area contributed by atoms with Gasteiger partial charge in [0.15, 0.2) is 5.69 Å². The fourth-order valence-electron chi connectivity index (χ4n) is 1.62. The molecule has 0 aliphatic rings. The van der Waals surface area contributed by atoms with Crippen LogP contribution in [0.5, 0.6) is 0 Å². The zero-order valence-electron chi connectivity index (χ0n) is 10.4. The molecule has 7 heteroatoms. The molecule has 2 heterocycles. The lowest BCUT2D eigenvalue weighted by Gasteiger charge is -2.10. The van der Waals surface area contributed by atoms with Gasteiger partial charge in [-0.05, 0) is 31.4 Å². The monoisotopic (exact) mass is 287 g/mol. The number of halogens is 3. The van der Waals surface area contributed by atoms with Crippen molar-refractivity contribution in [3.8, 4) is 11.3 Å².